The Morgan fingerprint density at radius 3 is 2.73 bits per heavy atom. The van der Waals surface area contributed by atoms with Crippen molar-refractivity contribution in [1.29, 1.82) is 0 Å². The second-order valence-corrected chi connectivity index (χ2v) is 5.93. The fourth-order valence-corrected chi connectivity index (χ4v) is 2.93. The Balaban J connectivity index is 2.02. The molecule has 0 atom stereocenters. The molecular weight excluding hydrogens is 326 g/mol. The number of amides is 1. The number of hydrogen-bond donors (Lipinski definition) is 2. The van der Waals surface area contributed by atoms with Gasteiger partial charge in [-0.25, -0.2) is 4.79 Å². The van der Waals surface area contributed by atoms with Crippen LogP contribution in [0, 0.1) is 0 Å². The minimum Gasteiger partial charge on any atom is -0.482 e. The van der Waals surface area contributed by atoms with Crippen LogP contribution in [0.2, 0.25) is 5.02 Å². The van der Waals surface area contributed by atoms with Gasteiger partial charge in [0.05, 0.1) is 10.6 Å². The van der Waals surface area contributed by atoms with E-state index in [9.17, 15) is 9.59 Å². The molecule has 0 radical (unpaired) electrons. The second kappa shape index (κ2) is 7.29. The van der Waals surface area contributed by atoms with Gasteiger partial charge in [0.1, 0.15) is 10.8 Å². The van der Waals surface area contributed by atoms with Crippen molar-refractivity contribution in [2.24, 2.45) is 0 Å². The molecule has 0 aliphatic heterocycles. The lowest BCUT2D eigenvalue weighted by molar-refractivity contribution is -0.118. The molecule has 1 aromatic carbocycles. The topological polar surface area (TPSA) is 75.6 Å². The minimum atomic E-state index is -1.07. The van der Waals surface area contributed by atoms with Gasteiger partial charge in [-0.3, -0.25) is 4.79 Å². The summed E-state index contributed by atoms with van der Waals surface area (Å²) in [6, 6.07) is 8.38. The molecule has 2 rings (SSSR count). The summed E-state index contributed by atoms with van der Waals surface area (Å²) < 4.78 is 5.32. The van der Waals surface area contributed by atoms with Crippen molar-refractivity contribution >= 4 is 39.8 Å². The quantitative estimate of drug-likeness (QED) is 0.841. The van der Waals surface area contributed by atoms with Gasteiger partial charge in [0, 0.05) is 4.88 Å². The van der Waals surface area contributed by atoms with E-state index in [0.717, 1.165) is 4.88 Å². The molecule has 0 spiro atoms. The van der Waals surface area contributed by atoms with Crippen LogP contribution in [0.4, 0.5) is 5.00 Å². The third kappa shape index (κ3) is 3.99. The molecule has 0 fully saturated rings. The average molecular weight is 340 g/mol. The largest absolute Gasteiger partial charge is 0.482 e. The van der Waals surface area contributed by atoms with Crippen LogP contribution in [0.15, 0.2) is 30.3 Å². The van der Waals surface area contributed by atoms with E-state index in [1.807, 2.05) is 6.92 Å². The van der Waals surface area contributed by atoms with E-state index in [-0.39, 0.29) is 12.2 Å². The first kappa shape index (κ1) is 16.3. The SMILES string of the molecule is CCc1cc(C(=O)O)c(NC(=O)COc2ccccc2Cl)s1. The van der Waals surface area contributed by atoms with Gasteiger partial charge >= 0.3 is 5.97 Å². The predicted octanol–water partition coefficient (Wildman–Crippen LogP) is 3.68. The fraction of sp³-hybridized carbons (Fsp3) is 0.200. The van der Waals surface area contributed by atoms with Crippen LogP contribution in [-0.4, -0.2) is 23.6 Å². The molecule has 22 heavy (non-hydrogen) atoms. The van der Waals surface area contributed by atoms with E-state index >= 15 is 0 Å². The van der Waals surface area contributed by atoms with Crippen LogP contribution in [0.5, 0.6) is 5.75 Å². The summed E-state index contributed by atoms with van der Waals surface area (Å²) >= 11 is 7.17. The molecule has 1 amide bonds. The molecule has 0 aliphatic rings. The van der Waals surface area contributed by atoms with Crippen molar-refractivity contribution in [3.63, 3.8) is 0 Å². The Morgan fingerprint density at radius 2 is 2.09 bits per heavy atom. The number of hydrogen-bond acceptors (Lipinski definition) is 4. The van der Waals surface area contributed by atoms with Crippen LogP contribution in [0.25, 0.3) is 0 Å². The Labute approximate surface area is 136 Å². The van der Waals surface area contributed by atoms with Gasteiger partial charge in [-0.2, -0.15) is 0 Å². The Morgan fingerprint density at radius 1 is 1.36 bits per heavy atom. The molecule has 0 bridgehead atoms. The average Bonchev–Trinajstić information content (AvgIpc) is 2.89. The first-order chi connectivity index (χ1) is 10.5. The molecule has 2 aromatic rings. The lowest BCUT2D eigenvalue weighted by Gasteiger charge is -2.08. The van der Waals surface area contributed by atoms with E-state index in [4.69, 9.17) is 21.4 Å². The van der Waals surface area contributed by atoms with Gasteiger partial charge in [-0.05, 0) is 24.6 Å². The number of para-hydroxylation sites is 1. The number of carbonyl (C=O) groups is 2. The van der Waals surface area contributed by atoms with Gasteiger partial charge in [-0.15, -0.1) is 11.3 Å². The molecule has 0 aliphatic carbocycles. The van der Waals surface area contributed by atoms with Crippen molar-refractivity contribution in [3.8, 4) is 5.75 Å². The number of aryl methyl sites for hydroxylation is 1. The summed E-state index contributed by atoms with van der Waals surface area (Å²) in [6.45, 7) is 1.67. The lowest BCUT2D eigenvalue weighted by atomic mass is 10.2. The van der Waals surface area contributed by atoms with Crippen LogP contribution in [-0.2, 0) is 11.2 Å². The molecule has 5 nitrogen and oxygen atoms in total. The zero-order valence-electron chi connectivity index (χ0n) is 11.8. The molecule has 0 saturated heterocycles. The van der Waals surface area contributed by atoms with Crippen molar-refractivity contribution in [3.05, 3.63) is 45.8 Å². The molecule has 0 saturated carbocycles. The van der Waals surface area contributed by atoms with Gasteiger partial charge < -0.3 is 15.2 Å². The number of thiophene rings is 1. The molecule has 2 N–H and O–H groups in total. The molecule has 0 unspecified atom stereocenters. The Hall–Kier alpha value is -2.05. The van der Waals surface area contributed by atoms with Crippen LogP contribution >= 0.6 is 22.9 Å². The highest BCUT2D eigenvalue weighted by molar-refractivity contribution is 7.16. The van der Waals surface area contributed by atoms with E-state index in [0.29, 0.717) is 22.2 Å². The van der Waals surface area contributed by atoms with Gasteiger partial charge in [0.15, 0.2) is 6.61 Å². The Bertz CT molecular complexity index is 699. The van der Waals surface area contributed by atoms with E-state index in [1.54, 1.807) is 30.3 Å². The van der Waals surface area contributed by atoms with E-state index in [1.165, 1.54) is 11.3 Å². The zero-order valence-corrected chi connectivity index (χ0v) is 13.3. The maximum atomic E-state index is 11.9. The zero-order chi connectivity index (χ0) is 16.1. The highest BCUT2D eigenvalue weighted by Crippen LogP contribution is 2.29. The number of nitrogens with one attached hydrogen (secondary N) is 1. The second-order valence-electron chi connectivity index (χ2n) is 4.38. The number of carboxylic acids is 1. The molecule has 1 heterocycles. The maximum absolute atomic E-state index is 11.9. The summed E-state index contributed by atoms with van der Waals surface area (Å²) in [5, 5.41) is 12.4. The summed E-state index contributed by atoms with van der Waals surface area (Å²) in [5.41, 5.74) is 0.0907. The van der Waals surface area contributed by atoms with Gasteiger partial charge in [0.2, 0.25) is 0 Å². The summed E-state index contributed by atoms with van der Waals surface area (Å²) in [6.07, 6.45) is 0.705. The molecular formula is C15H14ClNO4S. The fourth-order valence-electron chi connectivity index (χ4n) is 1.74. The highest BCUT2D eigenvalue weighted by atomic mass is 35.5. The van der Waals surface area contributed by atoms with Gasteiger partial charge in [-0.1, -0.05) is 30.7 Å². The summed E-state index contributed by atoms with van der Waals surface area (Å²) in [7, 11) is 0. The monoisotopic (exact) mass is 339 g/mol. The van der Waals surface area contributed by atoms with Crippen LogP contribution in [0.3, 0.4) is 0 Å². The third-order valence-electron chi connectivity index (χ3n) is 2.81. The molecule has 1 aromatic heterocycles. The Kier molecular flexibility index (Phi) is 5.41. The van der Waals surface area contributed by atoms with Crippen molar-refractivity contribution in [2.75, 3.05) is 11.9 Å². The number of benzene rings is 1. The van der Waals surface area contributed by atoms with E-state index in [2.05, 4.69) is 5.32 Å². The first-order valence-electron chi connectivity index (χ1n) is 6.54. The number of rotatable bonds is 6. The summed E-state index contributed by atoms with van der Waals surface area (Å²) in [4.78, 5) is 24.0. The third-order valence-corrected chi connectivity index (χ3v) is 4.32. The smallest absolute Gasteiger partial charge is 0.338 e. The van der Waals surface area contributed by atoms with Crippen molar-refractivity contribution in [2.45, 2.75) is 13.3 Å². The summed E-state index contributed by atoms with van der Waals surface area (Å²) in [5.74, 6) is -1.11. The molecule has 116 valence electrons. The van der Waals surface area contributed by atoms with Crippen LogP contribution < -0.4 is 10.1 Å². The van der Waals surface area contributed by atoms with Gasteiger partial charge in [0.25, 0.3) is 5.91 Å². The standard InChI is InChI=1S/C15H14ClNO4S/c1-2-9-7-10(15(19)20)14(22-9)17-13(18)8-21-12-6-4-3-5-11(12)16/h3-7H,2,8H2,1H3,(H,17,18)(H,19,20). The number of halogens is 1. The number of carboxylic acid groups (broad SMARTS) is 1. The maximum Gasteiger partial charge on any atom is 0.338 e. The first-order valence-corrected chi connectivity index (χ1v) is 7.74. The lowest BCUT2D eigenvalue weighted by Crippen LogP contribution is -2.20. The number of anilines is 1. The van der Waals surface area contributed by atoms with Crippen LogP contribution in [0.1, 0.15) is 22.2 Å². The number of ether oxygens (including phenoxy) is 1. The highest BCUT2D eigenvalue weighted by Gasteiger charge is 2.17. The molecule has 7 heteroatoms. The minimum absolute atomic E-state index is 0.0907. The number of aromatic carboxylic acids is 1. The predicted molar refractivity (Wildman–Crippen MR) is 86.2 cm³/mol. The van der Waals surface area contributed by atoms with E-state index < -0.39 is 11.9 Å². The van der Waals surface area contributed by atoms with Crippen molar-refractivity contribution < 1.29 is 19.4 Å². The normalized spacial score (nSPS) is 10.3. The number of carbonyl (C=O) groups excluding carboxylic acids is 1. The van der Waals surface area contributed by atoms with Crippen molar-refractivity contribution in [1.82, 2.24) is 0 Å².